The molecule has 1 N–H and O–H groups in total. The molecule has 0 saturated carbocycles. The summed E-state index contributed by atoms with van der Waals surface area (Å²) in [4.78, 5) is 29.4. The highest BCUT2D eigenvalue weighted by molar-refractivity contribution is 7.89. The van der Waals surface area contributed by atoms with Crippen LogP contribution >= 0.6 is 0 Å². The zero-order valence-corrected chi connectivity index (χ0v) is 20.0. The summed E-state index contributed by atoms with van der Waals surface area (Å²) in [6.45, 7) is 1.78. The fraction of sp³-hybridized carbons (Fsp3) is 0.292. The number of rotatable bonds is 8. The highest BCUT2D eigenvalue weighted by Gasteiger charge is 2.26. The lowest BCUT2D eigenvalue weighted by Crippen LogP contribution is -2.40. The number of aromatic nitrogens is 2. The van der Waals surface area contributed by atoms with E-state index in [1.807, 2.05) is 12.1 Å². The van der Waals surface area contributed by atoms with Crippen molar-refractivity contribution in [2.45, 2.75) is 11.4 Å². The van der Waals surface area contributed by atoms with E-state index in [1.54, 1.807) is 19.2 Å². The molecule has 0 radical (unpaired) electrons. The quantitative estimate of drug-likeness (QED) is 0.498. The summed E-state index contributed by atoms with van der Waals surface area (Å²) in [5.41, 5.74) is 1.43. The number of amides is 1. The number of nitrogens with one attached hydrogen (secondary N) is 1. The Hall–Kier alpha value is -3.54. The number of morpholine rings is 1. The number of benzene rings is 2. The van der Waals surface area contributed by atoms with Crippen LogP contribution < -0.4 is 15.6 Å². The lowest BCUT2D eigenvalue weighted by Gasteiger charge is -2.26. The number of carbonyl (C=O) groups is 1. The number of ether oxygens (including phenoxy) is 2. The Labute approximate surface area is 203 Å². The van der Waals surface area contributed by atoms with Gasteiger partial charge in [-0.1, -0.05) is 0 Å². The van der Waals surface area contributed by atoms with Crippen molar-refractivity contribution in [3.8, 4) is 17.0 Å². The summed E-state index contributed by atoms with van der Waals surface area (Å²) in [5.74, 6) is 0.349. The maximum Gasteiger partial charge on any atom is 0.253 e. The van der Waals surface area contributed by atoms with Gasteiger partial charge in [0.1, 0.15) is 5.75 Å². The SMILES string of the molecule is COc1ccc(-c2cc(=O)n(CCNC(=O)c3ccc(S(=O)(=O)N4CCOCC4)cc3)cn2)cc1. The molecule has 0 bridgehead atoms. The molecule has 1 aliphatic rings. The monoisotopic (exact) mass is 498 g/mol. The average Bonchev–Trinajstić information content (AvgIpc) is 2.90. The minimum Gasteiger partial charge on any atom is -0.497 e. The molecule has 4 rings (SSSR count). The molecule has 0 aliphatic carbocycles. The normalized spacial score (nSPS) is 14.4. The van der Waals surface area contributed by atoms with Gasteiger partial charge in [-0.15, -0.1) is 0 Å². The van der Waals surface area contributed by atoms with Gasteiger partial charge in [0.25, 0.3) is 11.5 Å². The zero-order chi connectivity index (χ0) is 24.8. The van der Waals surface area contributed by atoms with Crippen molar-refractivity contribution in [3.05, 3.63) is 76.8 Å². The van der Waals surface area contributed by atoms with Crippen molar-refractivity contribution in [2.24, 2.45) is 0 Å². The van der Waals surface area contributed by atoms with Gasteiger partial charge in [-0.25, -0.2) is 13.4 Å². The fourth-order valence-corrected chi connectivity index (χ4v) is 5.03. The topological polar surface area (TPSA) is 120 Å². The third-order valence-corrected chi connectivity index (χ3v) is 7.54. The van der Waals surface area contributed by atoms with E-state index >= 15 is 0 Å². The number of methoxy groups -OCH3 is 1. The second-order valence-electron chi connectivity index (χ2n) is 7.83. The summed E-state index contributed by atoms with van der Waals surface area (Å²) in [6, 6.07) is 14.5. The smallest absolute Gasteiger partial charge is 0.253 e. The van der Waals surface area contributed by atoms with Crippen LogP contribution in [0.15, 0.2) is 70.6 Å². The molecule has 1 aromatic heterocycles. The van der Waals surface area contributed by atoms with Crippen LogP contribution in [0.4, 0.5) is 0 Å². The van der Waals surface area contributed by atoms with Crippen LogP contribution in [0.3, 0.4) is 0 Å². The predicted molar refractivity (Wildman–Crippen MR) is 129 cm³/mol. The van der Waals surface area contributed by atoms with E-state index in [0.717, 1.165) is 5.56 Å². The van der Waals surface area contributed by atoms with Gasteiger partial charge in [0.05, 0.1) is 37.2 Å². The average molecular weight is 499 g/mol. The van der Waals surface area contributed by atoms with E-state index in [4.69, 9.17) is 9.47 Å². The summed E-state index contributed by atoms with van der Waals surface area (Å²) in [5, 5.41) is 2.74. The Kier molecular flexibility index (Phi) is 7.59. The van der Waals surface area contributed by atoms with E-state index in [2.05, 4.69) is 10.3 Å². The van der Waals surface area contributed by atoms with Crippen LogP contribution in [0.25, 0.3) is 11.3 Å². The first-order valence-corrected chi connectivity index (χ1v) is 12.5. The van der Waals surface area contributed by atoms with E-state index in [9.17, 15) is 18.0 Å². The second-order valence-corrected chi connectivity index (χ2v) is 9.77. The molecular weight excluding hydrogens is 472 g/mol. The largest absolute Gasteiger partial charge is 0.497 e. The summed E-state index contributed by atoms with van der Waals surface area (Å²) in [7, 11) is -2.04. The van der Waals surface area contributed by atoms with Crippen molar-refractivity contribution < 1.29 is 22.7 Å². The first-order chi connectivity index (χ1) is 16.9. The van der Waals surface area contributed by atoms with Gasteiger partial charge >= 0.3 is 0 Å². The molecule has 184 valence electrons. The summed E-state index contributed by atoms with van der Waals surface area (Å²) in [6.07, 6.45) is 1.44. The van der Waals surface area contributed by atoms with Crippen molar-refractivity contribution in [2.75, 3.05) is 40.0 Å². The standard InChI is InChI=1S/C24H26N4O6S/c1-33-20-6-2-18(3-7-20)22-16-23(29)27(17-26-22)11-10-25-24(30)19-4-8-21(9-5-19)35(31,32)28-12-14-34-15-13-28/h2-9,16-17H,10-15H2,1H3,(H,25,30). The van der Waals surface area contributed by atoms with Gasteiger partial charge in [0, 0.05) is 43.4 Å². The number of carbonyl (C=O) groups excluding carboxylic acids is 1. The molecule has 0 spiro atoms. The van der Waals surface area contributed by atoms with Gasteiger partial charge in [0.2, 0.25) is 10.0 Å². The molecule has 11 heteroatoms. The molecule has 0 atom stereocenters. The Bertz CT molecular complexity index is 1330. The van der Waals surface area contributed by atoms with E-state index in [0.29, 0.717) is 43.3 Å². The first-order valence-electron chi connectivity index (χ1n) is 11.1. The van der Waals surface area contributed by atoms with Crippen molar-refractivity contribution in [1.29, 1.82) is 0 Å². The third-order valence-electron chi connectivity index (χ3n) is 5.63. The Morgan fingerprint density at radius 3 is 2.40 bits per heavy atom. The minimum atomic E-state index is -3.62. The number of nitrogens with zero attached hydrogens (tertiary/aromatic N) is 3. The van der Waals surface area contributed by atoms with Crippen LogP contribution in [0.1, 0.15) is 10.4 Å². The molecule has 35 heavy (non-hydrogen) atoms. The van der Waals surface area contributed by atoms with Gasteiger partial charge in [-0.05, 0) is 48.5 Å². The molecule has 3 aromatic rings. The highest BCUT2D eigenvalue weighted by atomic mass is 32.2. The lowest BCUT2D eigenvalue weighted by molar-refractivity contribution is 0.0730. The molecule has 0 unspecified atom stereocenters. The Balaban J connectivity index is 1.33. The molecule has 1 saturated heterocycles. The van der Waals surface area contributed by atoms with Gasteiger partial charge in [0.15, 0.2) is 0 Å². The molecule has 2 aromatic carbocycles. The Morgan fingerprint density at radius 1 is 1.09 bits per heavy atom. The molecule has 1 amide bonds. The second kappa shape index (κ2) is 10.8. The van der Waals surface area contributed by atoms with Crippen LogP contribution in [-0.4, -0.2) is 68.1 Å². The zero-order valence-electron chi connectivity index (χ0n) is 19.2. The summed E-state index contributed by atoms with van der Waals surface area (Å²) < 4.78 is 38.5. The van der Waals surface area contributed by atoms with Crippen LogP contribution in [0.2, 0.25) is 0 Å². The van der Waals surface area contributed by atoms with E-state index in [-0.39, 0.29) is 29.5 Å². The lowest BCUT2D eigenvalue weighted by atomic mass is 10.1. The van der Waals surface area contributed by atoms with Gasteiger partial charge in [-0.2, -0.15) is 4.31 Å². The Morgan fingerprint density at radius 2 is 1.77 bits per heavy atom. The number of hydrogen-bond acceptors (Lipinski definition) is 7. The molecule has 2 heterocycles. The summed E-state index contributed by atoms with van der Waals surface area (Å²) >= 11 is 0. The van der Waals surface area contributed by atoms with Crippen molar-refractivity contribution >= 4 is 15.9 Å². The maximum atomic E-state index is 12.7. The van der Waals surface area contributed by atoms with Crippen molar-refractivity contribution in [1.82, 2.24) is 19.2 Å². The predicted octanol–water partition coefficient (Wildman–Crippen LogP) is 1.37. The molecule has 10 nitrogen and oxygen atoms in total. The minimum absolute atomic E-state index is 0.130. The highest BCUT2D eigenvalue weighted by Crippen LogP contribution is 2.19. The molecule has 1 aliphatic heterocycles. The fourth-order valence-electron chi connectivity index (χ4n) is 3.62. The number of hydrogen-bond donors (Lipinski definition) is 1. The van der Waals surface area contributed by atoms with Crippen LogP contribution in [0.5, 0.6) is 5.75 Å². The number of sulfonamides is 1. The van der Waals surface area contributed by atoms with E-state index in [1.165, 1.54) is 45.5 Å². The van der Waals surface area contributed by atoms with Crippen LogP contribution in [-0.2, 0) is 21.3 Å². The third kappa shape index (κ3) is 5.76. The van der Waals surface area contributed by atoms with Gasteiger partial charge < -0.3 is 14.8 Å². The first kappa shape index (κ1) is 24.6. The maximum absolute atomic E-state index is 12.7. The van der Waals surface area contributed by atoms with Crippen molar-refractivity contribution in [3.63, 3.8) is 0 Å². The van der Waals surface area contributed by atoms with Crippen LogP contribution in [0, 0.1) is 0 Å². The van der Waals surface area contributed by atoms with E-state index < -0.39 is 10.0 Å². The molecule has 1 fully saturated rings. The molecular formula is C24H26N4O6S. The van der Waals surface area contributed by atoms with Gasteiger partial charge in [-0.3, -0.25) is 14.2 Å².